The van der Waals surface area contributed by atoms with Crippen LogP contribution in [-0.2, 0) is 19.0 Å². The molecule has 0 atom stereocenters. The molecule has 0 heterocycles. The first kappa shape index (κ1) is 20.0. The highest BCUT2D eigenvalue weighted by Crippen LogP contribution is 2.37. The van der Waals surface area contributed by atoms with E-state index < -0.39 is 11.7 Å². The zero-order valence-corrected chi connectivity index (χ0v) is 16.1. The van der Waals surface area contributed by atoms with Crippen molar-refractivity contribution in [2.75, 3.05) is 0 Å². The summed E-state index contributed by atoms with van der Waals surface area (Å²) in [6.45, 7) is 2.27. The Hall–Kier alpha value is -1.77. The highest BCUT2D eigenvalue weighted by Gasteiger charge is 2.29. The summed E-state index contributed by atoms with van der Waals surface area (Å²) >= 11 is 0. The molecule has 0 unspecified atom stereocenters. The number of alkyl halides is 3. The monoisotopic (exact) mass is 374 g/mol. The Morgan fingerprint density at radius 3 is 1.78 bits per heavy atom. The van der Waals surface area contributed by atoms with E-state index in [0.717, 1.165) is 24.3 Å². The lowest BCUT2D eigenvalue weighted by molar-refractivity contribution is -0.137. The summed E-state index contributed by atoms with van der Waals surface area (Å²) in [5.41, 5.74) is 3.06. The van der Waals surface area contributed by atoms with E-state index in [2.05, 4.69) is 31.2 Å². The molecule has 1 aliphatic rings. The molecule has 0 spiro atoms. The molecule has 0 N–H and O–H groups in total. The van der Waals surface area contributed by atoms with Crippen molar-refractivity contribution < 1.29 is 13.2 Å². The predicted octanol–water partition coefficient (Wildman–Crippen LogP) is 7.56. The summed E-state index contributed by atoms with van der Waals surface area (Å²) in [7, 11) is 0. The van der Waals surface area contributed by atoms with Gasteiger partial charge in [-0.3, -0.25) is 0 Å². The average Bonchev–Trinajstić information content (AvgIpc) is 2.67. The number of aryl methyl sites for hydroxylation is 2. The lowest BCUT2D eigenvalue weighted by Crippen LogP contribution is -2.13. The quantitative estimate of drug-likeness (QED) is 0.489. The van der Waals surface area contributed by atoms with Crippen molar-refractivity contribution in [3.8, 4) is 0 Å². The van der Waals surface area contributed by atoms with Crippen molar-refractivity contribution in [2.45, 2.75) is 70.4 Å². The molecule has 27 heavy (non-hydrogen) atoms. The van der Waals surface area contributed by atoms with Crippen molar-refractivity contribution in [1.29, 1.82) is 0 Å². The van der Waals surface area contributed by atoms with Crippen LogP contribution in [0.3, 0.4) is 0 Å². The van der Waals surface area contributed by atoms with Crippen molar-refractivity contribution >= 4 is 0 Å². The molecule has 1 saturated carbocycles. The second-order valence-corrected chi connectivity index (χ2v) is 7.94. The van der Waals surface area contributed by atoms with E-state index in [0.29, 0.717) is 5.92 Å². The minimum atomic E-state index is -4.26. The van der Waals surface area contributed by atoms with Gasteiger partial charge in [-0.05, 0) is 79.2 Å². The van der Waals surface area contributed by atoms with Crippen LogP contribution in [0.25, 0.3) is 0 Å². The van der Waals surface area contributed by atoms with Gasteiger partial charge in [-0.1, -0.05) is 56.2 Å². The summed E-state index contributed by atoms with van der Waals surface area (Å²) in [6, 6.07) is 14.4. The van der Waals surface area contributed by atoms with E-state index in [1.807, 2.05) is 0 Å². The SMILES string of the molecule is CCCC1CCC(c2ccc(CCc3ccc(C(F)(F)F)cc3)cc2)CC1. The molecule has 0 aromatic heterocycles. The van der Waals surface area contributed by atoms with Gasteiger partial charge in [0.2, 0.25) is 0 Å². The van der Waals surface area contributed by atoms with E-state index in [1.54, 1.807) is 12.1 Å². The van der Waals surface area contributed by atoms with Crippen LogP contribution in [0.1, 0.15) is 73.6 Å². The first-order valence-corrected chi connectivity index (χ1v) is 10.2. The molecule has 0 amide bonds. The van der Waals surface area contributed by atoms with Gasteiger partial charge < -0.3 is 0 Å². The van der Waals surface area contributed by atoms with Crippen molar-refractivity contribution in [1.82, 2.24) is 0 Å². The Balaban J connectivity index is 1.51. The van der Waals surface area contributed by atoms with Crippen molar-refractivity contribution in [3.05, 3.63) is 70.8 Å². The largest absolute Gasteiger partial charge is 0.416 e. The minimum absolute atomic E-state index is 0.579. The molecule has 3 heteroatoms. The van der Waals surface area contributed by atoms with Crippen LogP contribution in [0.4, 0.5) is 13.2 Å². The van der Waals surface area contributed by atoms with Crippen LogP contribution in [0.5, 0.6) is 0 Å². The maximum absolute atomic E-state index is 12.6. The Bertz CT molecular complexity index is 690. The topological polar surface area (TPSA) is 0 Å². The molecule has 1 fully saturated rings. The van der Waals surface area contributed by atoms with E-state index in [9.17, 15) is 13.2 Å². The third-order valence-electron chi connectivity index (χ3n) is 5.98. The molecule has 2 aromatic rings. The molecule has 0 saturated heterocycles. The zero-order chi connectivity index (χ0) is 19.3. The molecule has 0 nitrogen and oxygen atoms in total. The van der Waals surface area contributed by atoms with Crippen LogP contribution < -0.4 is 0 Å². The normalized spacial score (nSPS) is 20.6. The van der Waals surface area contributed by atoms with E-state index in [-0.39, 0.29) is 0 Å². The molecule has 3 rings (SSSR count). The Morgan fingerprint density at radius 2 is 1.30 bits per heavy atom. The summed E-state index contributed by atoms with van der Waals surface area (Å²) in [5, 5.41) is 0. The first-order chi connectivity index (χ1) is 13.0. The fourth-order valence-electron chi connectivity index (χ4n) is 4.30. The molecule has 146 valence electrons. The Labute approximate surface area is 160 Å². The van der Waals surface area contributed by atoms with Gasteiger partial charge in [-0.15, -0.1) is 0 Å². The molecular formula is C24H29F3. The average molecular weight is 374 g/mol. The summed E-state index contributed by atoms with van der Waals surface area (Å²) in [6.07, 6.45) is 5.34. The van der Waals surface area contributed by atoms with Crippen LogP contribution >= 0.6 is 0 Å². The third-order valence-corrected chi connectivity index (χ3v) is 5.98. The van der Waals surface area contributed by atoms with Crippen LogP contribution in [-0.4, -0.2) is 0 Å². The first-order valence-electron chi connectivity index (χ1n) is 10.2. The number of rotatable bonds is 6. The van der Waals surface area contributed by atoms with Crippen LogP contribution in [0.2, 0.25) is 0 Å². The lowest BCUT2D eigenvalue weighted by atomic mass is 9.77. The standard InChI is InChI=1S/C24H29F3/c1-2-3-18-6-12-21(13-7-18)22-14-8-19(9-15-22)4-5-20-10-16-23(17-11-20)24(25,26)27/h8-11,14-18,21H,2-7,12-13H2,1H3. The van der Waals surface area contributed by atoms with E-state index >= 15 is 0 Å². The molecule has 2 aromatic carbocycles. The van der Waals surface area contributed by atoms with Crippen LogP contribution in [0.15, 0.2) is 48.5 Å². The van der Waals surface area contributed by atoms with Gasteiger partial charge in [0.05, 0.1) is 5.56 Å². The van der Waals surface area contributed by atoms with Crippen LogP contribution in [0, 0.1) is 5.92 Å². The summed E-state index contributed by atoms with van der Waals surface area (Å²) in [4.78, 5) is 0. The van der Waals surface area contributed by atoms with Crippen molar-refractivity contribution in [3.63, 3.8) is 0 Å². The van der Waals surface area contributed by atoms with Gasteiger partial charge in [0.1, 0.15) is 0 Å². The van der Waals surface area contributed by atoms with Gasteiger partial charge in [0.15, 0.2) is 0 Å². The predicted molar refractivity (Wildman–Crippen MR) is 105 cm³/mol. The van der Waals surface area contributed by atoms with Gasteiger partial charge in [0, 0.05) is 0 Å². The van der Waals surface area contributed by atoms with E-state index in [4.69, 9.17) is 0 Å². The third kappa shape index (κ3) is 5.60. The number of benzene rings is 2. The minimum Gasteiger partial charge on any atom is -0.166 e. The number of hydrogen-bond acceptors (Lipinski definition) is 0. The Morgan fingerprint density at radius 1 is 0.778 bits per heavy atom. The maximum Gasteiger partial charge on any atom is 0.416 e. The van der Waals surface area contributed by atoms with Gasteiger partial charge >= 0.3 is 6.18 Å². The molecule has 0 radical (unpaired) electrons. The smallest absolute Gasteiger partial charge is 0.166 e. The second kappa shape index (κ2) is 8.95. The number of hydrogen-bond donors (Lipinski definition) is 0. The highest BCUT2D eigenvalue weighted by atomic mass is 19.4. The van der Waals surface area contributed by atoms with Gasteiger partial charge in [-0.25, -0.2) is 0 Å². The molecular weight excluding hydrogens is 345 g/mol. The summed E-state index contributed by atoms with van der Waals surface area (Å²) in [5.74, 6) is 1.62. The Kier molecular flexibility index (Phi) is 6.62. The summed E-state index contributed by atoms with van der Waals surface area (Å²) < 4.78 is 37.9. The fourth-order valence-corrected chi connectivity index (χ4v) is 4.30. The van der Waals surface area contributed by atoms with Crippen molar-refractivity contribution in [2.24, 2.45) is 5.92 Å². The maximum atomic E-state index is 12.6. The van der Waals surface area contributed by atoms with E-state index in [1.165, 1.54) is 61.8 Å². The zero-order valence-electron chi connectivity index (χ0n) is 16.1. The highest BCUT2D eigenvalue weighted by molar-refractivity contribution is 5.28. The second-order valence-electron chi connectivity index (χ2n) is 7.94. The number of halogens is 3. The fraction of sp³-hybridized carbons (Fsp3) is 0.500. The van der Waals surface area contributed by atoms with Gasteiger partial charge in [0.25, 0.3) is 0 Å². The molecule has 0 aliphatic heterocycles. The molecule has 0 bridgehead atoms. The lowest BCUT2D eigenvalue weighted by Gasteiger charge is -2.28. The van der Waals surface area contributed by atoms with Gasteiger partial charge in [-0.2, -0.15) is 13.2 Å². The molecule has 1 aliphatic carbocycles.